The predicted octanol–water partition coefficient (Wildman–Crippen LogP) is 1.10. The van der Waals surface area contributed by atoms with Crippen LogP contribution in [-0.4, -0.2) is 24.7 Å². The van der Waals surface area contributed by atoms with Gasteiger partial charge in [-0.05, 0) is 31.6 Å². The van der Waals surface area contributed by atoms with Crippen molar-refractivity contribution in [3.05, 3.63) is 0 Å². The molecule has 0 amide bonds. The van der Waals surface area contributed by atoms with E-state index in [1.807, 2.05) is 0 Å². The Balaban J connectivity index is 2.31. The molecule has 1 heterocycles. The van der Waals surface area contributed by atoms with Crippen LogP contribution in [0.1, 0.15) is 19.3 Å². The smallest absolute Gasteiger partial charge is 0.176 e. The number of ether oxygens (including phenoxy) is 1. The molecule has 0 radical (unpaired) electrons. The Morgan fingerprint density at radius 3 is 2.90 bits per heavy atom. The Bertz CT molecular complexity index is 121. The Hall–Kier alpha value is -0.150. The van der Waals surface area contributed by atoms with Crippen LogP contribution in [0.2, 0.25) is 0 Å². The zero-order valence-corrected chi connectivity index (χ0v) is 7.04. The highest BCUT2D eigenvalue weighted by atomic mass is 32.1. The summed E-state index contributed by atoms with van der Waals surface area (Å²) in [4.78, 5) is 0. The summed E-state index contributed by atoms with van der Waals surface area (Å²) in [6.07, 6.45) is 3.66. The first-order valence-corrected chi connectivity index (χ1v) is 4.06. The van der Waals surface area contributed by atoms with Crippen LogP contribution in [0.25, 0.3) is 0 Å². The number of rotatable bonds is 1. The van der Waals surface area contributed by atoms with Crippen molar-refractivity contribution >= 4 is 17.3 Å². The second-order valence-electron chi connectivity index (χ2n) is 2.53. The van der Waals surface area contributed by atoms with Crippen molar-refractivity contribution in [2.45, 2.75) is 25.3 Å². The van der Waals surface area contributed by atoms with Gasteiger partial charge in [0, 0.05) is 0 Å². The van der Waals surface area contributed by atoms with Crippen molar-refractivity contribution in [2.75, 3.05) is 13.7 Å². The van der Waals surface area contributed by atoms with Gasteiger partial charge >= 0.3 is 0 Å². The highest BCUT2D eigenvalue weighted by Gasteiger charge is 2.16. The van der Waals surface area contributed by atoms with Gasteiger partial charge in [-0.15, -0.1) is 0 Å². The lowest BCUT2D eigenvalue weighted by Crippen LogP contribution is -2.40. The Morgan fingerprint density at radius 2 is 2.40 bits per heavy atom. The van der Waals surface area contributed by atoms with Crippen LogP contribution in [0.5, 0.6) is 0 Å². The molecule has 0 bridgehead atoms. The van der Waals surface area contributed by atoms with Crippen LogP contribution in [-0.2, 0) is 4.74 Å². The summed E-state index contributed by atoms with van der Waals surface area (Å²) in [6.45, 7) is 1.08. The summed E-state index contributed by atoms with van der Waals surface area (Å²) in [5.74, 6) is 0. The Kier molecular flexibility index (Phi) is 3.09. The molecule has 58 valence electrons. The zero-order chi connectivity index (χ0) is 7.40. The quantitative estimate of drug-likeness (QED) is 0.579. The van der Waals surface area contributed by atoms with Gasteiger partial charge in [-0.1, -0.05) is 6.42 Å². The van der Waals surface area contributed by atoms with Crippen LogP contribution in [0, 0.1) is 0 Å². The molecule has 0 aromatic heterocycles. The van der Waals surface area contributed by atoms with Crippen molar-refractivity contribution in [1.82, 2.24) is 5.32 Å². The van der Waals surface area contributed by atoms with E-state index in [1.165, 1.54) is 12.8 Å². The number of thiocarbonyl (C=S) groups is 1. The third kappa shape index (κ3) is 1.92. The first kappa shape index (κ1) is 7.95. The van der Waals surface area contributed by atoms with Crippen molar-refractivity contribution < 1.29 is 4.74 Å². The maximum absolute atomic E-state index is 4.99. The van der Waals surface area contributed by atoms with Crippen LogP contribution < -0.4 is 5.32 Å². The summed E-state index contributed by atoms with van der Waals surface area (Å²) in [5.41, 5.74) is 0. The fourth-order valence-corrected chi connectivity index (χ4v) is 1.40. The van der Waals surface area contributed by atoms with Gasteiger partial charge in [0.1, 0.15) is 0 Å². The highest BCUT2D eigenvalue weighted by molar-refractivity contribution is 7.80. The molecular weight excluding hydrogens is 146 g/mol. The molecule has 1 unspecified atom stereocenters. The second kappa shape index (κ2) is 3.88. The highest BCUT2D eigenvalue weighted by Crippen LogP contribution is 2.08. The number of piperidine rings is 1. The average Bonchev–Trinajstić information content (AvgIpc) is 2.05. The third-order valence-electron chi connectivity index (χ3n) is 1.80. The minimum absolute atomic E-state index is 0.328. The standard InChI is InChI=1S/C7H13NOS/c1-9-7(10)6-4-2-3-5-8-6/h6,8H,2-5H2,1H3. The molecule has 0 aromatic carbocycles. The lowest BCUT2D eigenvalue weighted by Gasteiger charge is -2.22. The van der Waals surface area contributed by atoms with Crippen LogP contribution in [0.15, 0.2) is 0 Å². The van der Waals surface area contributed by atoms with Gasteiger partial charge in [0.05, 0.1) is 13.2 Å². The predicted molar refractivity (Wildman–Crippen MR) is 45.2 cm³/mol. The molecule has 2 nitrogen and oxygen atoms in total. The van der Waals surface area contributed by atoms with Crippen LogP contribution in [0.3, 0.4) is 0 Å². The fourth-order valence-electron chi connectivity index (χ4n) is 1.20. The molecule has 1 fully saturated rings. The molecule has 0 aliphatic carbocycles. The van der Waals surface area contributed by atoms with Crippen molar-refractivity contribution in [3.8, 4) is 0 Å². The van der Waals surface area contributed by atoms with E-state index >= 15 is 0 Å². The van der Waals surface area contributed by atoms with Crippen molar-refractivity contribution in [1.29, 1.82) is 0 Å². The first-order valence-electron chi connectivity index (χ1n) is 3.66. The number of methoxy groups -OCH3 is 1. The Labute approximate surface area is 66.9 Å². The molecule has 3 heteroatoms. The summed E-state index contributed by atoms with van der Waals surface area (Å²) in [5, 5.41) is 4.01. The van der Waals surface area contributed by atoms with Gasteiger partial charge in [0.15, 0.2) is 5.05 Å². The summed E-state index contributed by atoms with van der Waals surface area (Å²) >= 11 is 4.99. The SMILES string of the molecule is COC(=S)C1CCCCN1. The minimum atomic E-state index is 0.328. The maximum atomic E-state index is 4.99. The molecule has 1 saturated heterocycles. The van der Waals surface area contributed by atoms with E-state index in [1.54, 1.807) is 7.11 Å². The zero-order valence-electron chi connectivity index (χ0n) is 6.22. The average molecular weight is 159 g/mol. The lowest BCUT2D eigenvalue weighted by atomic mass is 10.1. The largest absolute Gasteiger partial charge is 0.489 e. The summed E-state index contributed by atoms with van der Waals surface area (Å²) in [7, 11) is 1.64. The van der Waals surface area contributed by atoms with Crippen LogP contribution in [0.4, 0.5) is 0 Å². The molecule has 1 aliphatic rings. The van der Waals surface area contributed by atoms with Gasteiger partial charge in [-0.25, -0.2) is 0 Å². The Morgan fingerprint density at radius 1 is 1.60 bits per heavy atom. The van der Waals surface area contributed by atoms with E-state index in [0.29, 0.717) is 11.1 Å². The number of nitrogens with one attached hydrogen (secondary N) is 1. The van der Waals surface area contributed by atoms with Gasteiger partial charge in [0.25, 0.3) is 0 Å². The fraction of sp³-hybridized carbons (Fsp3) is 0.857. The van der Waals surface area contributed by atoms with Gasteiger partial charge in [0.2, 0.25) is 0 Å². The van der Waals surface area contributed by atoms with Crippen molar-refractivity contribution in [2.24, 2.45) is 0 Å². The summed E-state index contributed by atoms with van der Waals surface area (Å²) in [6, 6.07) is 0.328. The molecule has 1 rings (SSSR count). The third-order valence-corrected chi connectivity index (χ3v) is 2.25. The number of hydrogen-bond donors (Lipinski definition) is 1. The molecule has 0 saturated carbocycles. The number of hydrogen-bond acceptors (Lipinski definition) is 3. The molecule has 1 atom stereocenters. The van der Waals surface area contributed by atoms with Gasteiger partial charge in [-0.2, -0.15) is 0 Å². The minimum Gasteiger partial charge on any atom is -0.489 e. The first-order chi connectivity index (χ1) is 4.84. The van der Waals surface area contributed by atoms with E-state index in [0.717, 1.165) is 13.0 Å². The van der Waals surface area contributed by atoms with Crippen LogP contribution >= 0.6 is 12.2 Å². The monoisotopic (exact) mass is 159 g/mol. The normalized spacial score (nSPS) is 25.9. The van der Waals surface area contributed by atoms with E-state index in [4.69, 9.17) is 17.0 Å². The van der Waals surface area contributed by atoms with Gasteiger partial charge < -0.3 is 10.1 Å². The van der Waals surface area contributed by atoms with E-state index in [9.17, 15) is 0 Å². The van der Waals surface area contributed by atoms with Crippen molar-refractivity contribution in [3.63, 3.8) is 0 Å². The second-order valence-corrected chi connectivity index (χ2v) is 2.93. The van der Waals surface area contributed by atoms with E-state index in [-0.39, 0.29) is 0 Å². The summed E-state index contributed by atoms with van der Waals surface area (Å²) < 4.78 is 4.96. The molecule has 0 aromatic rings. The van der Waals surface area contributed by atoms with E-state index < -0.39 is 0 Å². The molecular formula is C7H13NOS. The molecule has 10 heavy (non-hydrogen) atoms. The molecule has 0 spiro atoms. The molecule has 1 aliphatic heterocycles. The van der Waals surface area contributed by atoms with E-state index in [2.05, 4.69) is 5.32 Å². The topological polar surface area (TPSA) is 21.3 Å². The van der Waals surface area contributed by atoms with Gasteiger partial charge in [-0.3, -0.25) is 0 Å². The molecule has 1 N–H and O–H groups in total. The maximum Gasteiger partial charge on any atom is 0.176 e. The lowest BCUT2D eigenvalue weighted by molar-refractivity contribution is 0.358.